The molecule has 3 aromatic carbocycles. The molecule has 39 heavy (non-hydrogen) atoms. The lowest BCUT2D eigenvalue weighted by molar-refractivity contribution is -0.141. The third-order valence-corrected chi connectivity index (χ3v) is 7.19. The van der Waals surface area contributed by atoms with Crippen molar-refractivity contribution in [1.29, 1.82) is 0 Å². The lowest BCUT2D eigenvalue weighted by Gasteiger charge is -2.36. The largest absolute Gasteiger partial charge is 0.457 e. The van der Waals surface area contributed by atoms with Crippen LogP contribution in [0.25, 0.3) is 0 Å². The number of fused-ring (bicyclic) bond motifs is 1. The Bertz CT molecular complexity index is 1450. The number of thioether (sulfide) groups is 1. The quantitative estimate of drug-likeness (QED) is 0.321. The molecule has 0 fully saturated rings. The summed E-state index contributed by atoms with van der Waals surface area (Å²) < 4.78 is 11.9. The Balaban J connectivity index is 1.51. The van der Waals surface area contributed by atoms with Gasteiger partial charge in [0.05, 0.1) is 23.7 Å². The van der Waals surface area contributed by atoms with E-state index in [4.69, 9.17) is 14.5 Å². The predicted octanol–water partition coefficient (Wildman–Crippen LogP) is 6.32. The van der Waals surface area contributed by atoms with Gasteiger partial charge in [-0.25, -0.2) is 9.79 Å². The summed E-state index contributed by atoms with van der Waals surface area (Å²) in [5.74, 6) is 0.805. The molecule has 1 amide bonds. The minimum atomic E-state index is -0.546. The number of hydrogen-bond donors (Lipinski definition) is 1. The van der Waals surface area contributed by atoms with Crippen LogP contribution in [0.5, 0.6) is 11.5 Å². The monoisotopic (exact) mass is 539 g/mol. The van der Waals surface area contributed by atoms with E-state index in [9.17, 15) is 9.59 Å². The molecule has 8 heteroatoms. The minimum Gasteiger partial charge on any atom is -0.457 e. The van der Waals surface area contributed by atoms with E-state index in [1.165, 1.54) is 11.8 Å². The molecule has 2 heterocycles. The normalized spacial score (nSPS) is 16.3. The maximum Gasteiger partial charge on any atom is 0.338 e. The van der Waals surface area contributed by atoms with Crippen LogP contribution in [0.15, 0.2) is 112 Å². The maximum absolute atomic E-state index is 13.6. The standard InChI is InChI=1S/C31H29N3O4S/c1-3-32-27(35)18-24-20-39-31-33-21(2)28(30(36)37-19-22-11-6-4-7-12-22)29(34(24)31)23-13-10-16-26(17-23)38-25-14-8-5-9-15-25/h4-17,20,29H,3,18-19H2,1-2H3,(H,32,35). The highest BCUT2D eigenvalue weighted by atomic mass is 32.2. The van der Waals surface area contributed by atoms with Gasteiger partial charge >= 0.3 is 5.97 Å². The van der Waals surface area contributed by atoms with Crippen molar-refractivity contribution in [3.05, 3.63) is 118 Å². The fourth-order valence-corrected chi connectivity index (χ4v) is 5.51. The van der Waals surface area contributed by atoms with E-state index in [2.05, 4.69) is 5.32 Å². The first-order valence-corrected chi connectivity index (χ1v) is 13.7. The van der Waals surface area contributed by atoms with Crippen LogP contribution in [-0.2, 0) is 20.9 Å². The summed E-state index contributed by atoms with van der Waals surface area (Å²) in [4.78, 5) is 32.9. The lowest BCUT2D eigenvalue weighted by atomic mass is 9.93. The summed E-state index contributed by atoms with van der Waals surface area (Å²) >= 11 is 1.44. The number of carbonyl (C=O) groups excluding carboxylic acids is 2. The first-order chi connectivity index (χ1) is 19.0. The number of esters is 1. The van der Waals surface area contributed by atoms with E-state index in [-0.39, 0.29) is 18.9 Å². The van der Waals surface area contributed by atoms with Crippen LogP contribution in [0, 0.1) is 0 Å². The van der Waals surface area contributed by atoms with E-state index in [1.807, 2.05) is 109 Å². The predicted molar refractivity (Wildman–Crippen MR) is 153 cm³/mol. The molecule has 1 atom stereocenters. The molecule has 0 aliphatic carbocycles. The van der Waals surface area contributed by atoms with Gasteiger partial charge in [-0.05, 0) is 54.6 Å². The number of amides is 1. The van der Waals surface area contributed by atoms with E-state index in [1.54, 1.807) is 0 Å². The highest BCUT2D eigenvalue weighted by molar-refractivity contribution is 8.16. The van der Waals surface area contributed by atoms with Crippen molar-refractivity contribution < 1.29 is 19.1 Å². The van der Waals surface area contributed by atoms with E-state index in [0.29, 0.717) is 34.5 Å². The maximum atomic E-state index is 13.6. The summed E-state index contributed by atoms with van der Waals surface area (Å²) in [5, 5.41) is 5.50. The van der Waals surface area contributed by atoms with Crippen molar-refractivity contribution in [2.24, 2.45) is 4.99 Å². The number of rotatable bonds is 9. The lowest BCUT2D eigenvalue weighted by Crippen LogP contribution is -2.38. The highest BCUT2D eigenvalue weighted by Gasteiger charge is 2.41. The number of allylic oxidation sites excluding steroid dienone is 1. The average Bonchev–Trinajstić information content (AvgIpc) is 3.34. The number of hydrogen-bond acceptors (Lipinski definition) is 7. The summed E-state index contributed by atoms with van der Waals surface area (Å²) in [7, 11) is 0. The zero-order valence-corrected chi connectivity index (χ0v) is 22.6. The van der Waals surface area contributed by atoms with Crippen LogP contribution in [0.3, 0.4) is 0 Å². The summed E-state index contributed by atoms with van der Waals surface area (Å²) in [6.07, 6.45) is 0.169. The Morgan fingerprint density at radius 3 is 2.44 bits per heavy atom. The zero-order valence-electron chi connectivity index (χ0n) is 21.8. The van der Waals surface area contributed by atoms with Crippen LogP contribution in [0.2, 0.25) is 0 Å². The molecular formula is C31H29N3O4S. The summed E-state index contributed by atoms with van der Waals surface area (Å²) in [6.45, 7) is 4.40. The molecule has 5 rings (SSSR count). The molecule has 0 bridgehead atoms. The zero-order chi connectivity index (χ0) is 27.2. The van der Waals surface area contributed by atoms with Crippen LogP contribution < -0.4 is 10.1 Å². The van der Waals surface area contributed by atoms with Crippen molar-refractivity contribution in [3.63, 3.8) is 0 Å². The smallest absolute Gasteiger partial charge is 0.338 e. The van der Waals surface area contributed by atoms with Crippen molar-refractivity contribution in [2.45, 2.75) is 32.9 Å². The van der Waals surface area contributed by atoms with Gasteiger partial charge in [0.25, 0.3) is 0 Å². The van der Waals surface area contributed by atoms with Crippen LogP contribution in [-0.4, -0.2) is 28.5 Å². The fraction of sp³-hybridized carbons (Fsp3) is 0.194. The second-order valence-electron chi connectivity index (χ2n) is 9.07. The number of amidine groups is 1. The number of aliphatic imine (C=N–C) groups is 1. The van der Waals surface area contributed by atoms with Gasteiger partial charge in [0.15, 0.2) is 5.17 Å². The third-order valence-electron chi connectivity index (χ3n) is 6.30. The molecule has 0 saturated heterocycles. The van der Waals surface area contributed by atoms with Crippen LogP contribution in [0.1, 0.15) is 37.4 Å². The van der Waals surface area contributed by atoms with E-state index < -0.39 is 12.0 Å². The van der Waals surface area contributed by atoms with Gasteiger partial charge in [-0.3, -0.25) is 4.79 Å². The molecule has 1 unspecified atom stereocenters. The molecule has 0 radical (unpaired) electrons. The van der Waals surface area contributed by atoms with Gasteiger partial charge in [-0.1, -0.05) is 72.4 Å². The molecule has 0 spiro atoms. The van der Waals surface area contributed by atoms with Gasteiger partial charge in [-0.15, -0.1) is 0 Å². The first kappa shape index (κ1) is 26.3. The van der Waals surface area contributed by atoms with Crippen LogP contribution >= 0.6 is 11.8 Å². The Hall–Kier alpha value is -4.30. The molecule has 198 valence electrons. The molecule has 1 N–H and O–H groups in total. The summed E-state index contributed by atoms with van der Waals surface area (Å²) in [6, 6.07) is 26.2. The van der Waals surface area contributed by atoms with Crippen molar-refractivity contribution in [2.75, 3.05) is 6.54 Å². The Kier molecular flexibility index (Phi) is 8.13. The van der Waals surface area contributed by atoms with Gasteiger partial charge < -0.3 is 19.7 Å². The number of nitrogens with one attached hydrogen (secondary N) is 1. The van der Waals surface area contributed by atoms with E-state index >= 15 is 0 Å². The average molecular weight is 540 g/mol. The number of carbonyl (C=O) groups is 2. The number of benzene rings is 3. The fourth-order valence-electron chi connectivity index (χ4n) is 4.54. The number of nitrogens with zero attached hydrogens (tertiary/aromatic N) is 2. The topological polar surface area (TPSA) is 80.2 Å². The van der Waals surface area contributed by atoms with Gasteiger partial charge in [0, 0.05) is 12.2 Å². The van der Waals surface area contributed by atoms with E-state index in [0.717, 1.165) is 16.8 Å². The molecule has 0 aromatic heterocycles. The molecule has 2 aliphatic rings. The van der Waals surface area contributed by atoms with Gasteiger partial charge in [0.1, 0.15) is 18.1 Å². The van der Waals surface area contributed by atoms with Crippen molar-refractivity contribution in [3.8, 4) is 11.5 Å². The molecule has 2 aliphatic heterocycles. The second kappa shape index (κ2) is 12.0. The Morgan fingerprint density at radius 2 is 1.69 bits per heavy atom. The first-order valence-electron chi connectivity index (χ1n) is 12.8. The minimum absolute atomic E-state index is 0.0926. The molecule has 0 saturated carbocycles. The molecule has 3 aromatic rings. The molecule has 7 nitrogen and oxygen atoms in total. The third kappa shape index (κ3) is 6.07. The second-order valence-corrected chi connectivity index (χ2v) is 9.91. The van der Waals surface area contributed by atoms with Crippen molar-refractivity contribution in [1.82, 2.24) is 10.2 Å². The van der Waals surface area contributed by atoms with Crippen molar-refractivity contribution >= 4 is 28.8 Å². The molecular weight excluding hydrogens is 510 g/mol. The SMILES string of the molecule is CCNC(=O)CC1=CSC2=NC(C)=C(C(=O)OCc3ccccc3)C(c3cccc(Oc4ccccc4)c3)N12. The number of para-hydroxylation sites is 1. The Labute approximate surface area is 232 Å². The Morgan fingerprint density at radius 1 is 0.974 bits per heavy atom. The van der Waals surface area contributed by atoms with Gasteiger partial charge in [0.2, 0.25) is 5.91 Å². The highest BCUT2D eigenvalue weighted by Crippen LogP contribution is 2.45. The number of ether oxygens (including phenoxy) is 2. The summed E-state index contributed by atoms with van der Waals surface area (Å²) in [5.41, 5.74) is 3.50. The van der Waals surface area contributed by atoms with Crippen LogP contribution in [0.4, 0.5) is 0 Å². The van der Waals surface area contributed by atoms with Gasteiger partial charge in [-0.2, -0.15) is 0 Å².